The number of ether oxygens (including phenoxy) is 3. The zero-order valence-electron chi connectivity index (χ0n) is 17.2. The third kappa shape index (κ3) is 3.10. The largest absolute Gasteiger partial charge is 0.468 e. The summed E-state index contributed by atoms with van der Waals surface area (Å²) in [6.07, 6.45) is 3.49. The molecule has 4 saturated heterocycles. The van der Waals surface area contributed by atoms with Gasteiger partial charge in [-0.1, -0.05) is 25.1 Å². The smallest absolute Gasteiger partial charge is 0.261 e. The molecule has 1 aromatic carbocycles. The maximum atomic E-state index is 6.55. The van der Waals surface area contributed by atoms with Crippen LogP contribution >= 0.6 is 12.2 Å². The van der Waals surface area contributed by atoms with Crippen LogP contribution in [0.3, 0.4) is 0 Å². The minimum absolute atomic E-state index is 0.114. The average molecular weight is 420 g/mol. The van der Waals surface area contributed by atoms with Crippen molar-refractivity contribution in [3.63, 3.8) is 0 Å². The topological polar surface area (TPSA) is 58.2 Å². The van der Waals surface area contributed by atoms with Gasteiger partial charge in [-0.05, 0) is 69.3 Å². The van der Waals surface area contributed by atoms with Gasteiger partial charge in [0.15, 0.2) is 11.9 Å². The third-order valence-corrected chi connectivity index (χ3v) is 7.56. The first kappa shape index (κ1) is 19.7. The molecule has 0 amide bonds. The van der Waals surface area contributed by atoms with Gasteiger partial charge in [-0.3, -0.25) is 0 Å². The summed E-state index contributed by atoms with van der Waals surface area (Å²) >= 11 is 5.41. The van der Waals surface area contributed by atoms with Crippen molar-refractivity contribution in [3.8, 4) is 0 Å². The van der Waals surface area contributed by atoms with E-state index in [0.717, 1.165) is 31.4 Å². The second-order valence-electron chi connectivity index (χ2n) is 9.35. The number of hydrogen-bond acceptors (Lipinski definition) is 6. The first-order chi connectivity index (χ1) is 13.8. The molecule has 5 fully saturated rings. The number of anilines is 1. The van der Waals surface area contributed by atoms with Crippen LogP contribution < -0.4 is 5.32 Å². The molecule has 6 rings (SSSR count). The standard InChI is InChI=1S/C22H29NO5S/c1-14-9-10-17-20(2,13-24-19(29)23-15-7-5-4-6-8-15)25-18-22(17)16(14)11-12-21(3,26-18)27-28-22/h4-8,14,16-18H,9-13H2,1-3H3,(H,23,29)/t14-,16+,17?,18-,20-,21-,22-/m1/s1. The molecule has 1 saturated carbocycles. The molecule has 29 heavy (non-hydrogen) atoms. The Balaban J connectivity index is 1.36. The molecule has 6 nitrogen and oxygen atoms in total. The van der Waals surface area contributed by atoms with E-state index in [-0.39, 0.29) is 5.92 Å². The van der Waals surface area contributed by atoms with Crippen LogP contribution in [-0.2, 0) is 24.0 Å². The number of rotatable bonds is 3. The monoisotopic (exact) mass is 419 g/mol. The lowest BCUT2D eigenvalue weighted by molar-refractivity contribution is -0.541. The van der Waals surface area contributed by atoms with Crippen molar-refractivity contribution in [1.82, 2.24) is 0 Å². The Morgan fingerprint density at radius 3 is 2.72 bits per heavy atom. The summed E-state index contributed by atoms with van der Waals surface area (Å²) in [4.78, 5) is 12.0. The van der Waals surface area contributed by atoms with Gasteiger partial charge in [-0.25, -0.2) is 9.78 Å². The molecule has 4 aliphatic heterocycles. The summed E-state index contributed by atoms with van der Waals surface area (Å²) in [5, 5.41) is 3.46. The number of nitrogens with one attached hydrogen (secondary N) is 1. The van der Waals surface area contributed by atoms with Crippen LogP contribution in [0, 0.1) is 17.8 Å². The van der Waals surface area contributed by atoms with Gasteiger partial charge in [-0.15, -0.1) is 0 Å². The van der Waals surface area contributed by atoms with Crippen molar-refractivity contribution < 1.29 is 24.0 Å². The molecular weight excluding hydrogens is 390 g/mol. The summed E-state index contributed by atoms with van der Waals surface area (Å²) in [5.74, 6) is 0.234. The molecular formula is C22H29NO5S. The highest BCUT2D eigenvalue weighted by Crippen LogP contribution is 2.63. The normalized spacial score (nSPS) is 45.3. The van der Waals surface area contributed by atoms with Crippen molar-refractivity contribution in [2.75, 3.05) is 11.9 Å². The van der Waals surface area contributed by atoms with Gasteiger partial charge >= 0.3 is 0 Å². The average Bonchev–Trinajstić information content (AvgIpc) is 2.79. The SMILES string of the molecule is C[C@@H]1CCC2[C@]34OO[C@](C)(CC[C@@H]13)O[C@H]4O[C@]2(C)COC(=S)Nc1ccccc1. The first-order valence-corrected chi connectivity index (χ1v) is 11.0. The van der Waals surface area contributed by atoms with E-state index in [4.69, 9.17) is 36.2 Å². The van der Waals surface area contributed by atoms with Crippen LogP contribution in [0.2, 0.25) is 0 Å². The second-order valence-corrected chi connectivity index (χ2v) is 9.72. The Morgan fingerprint density at radius 2 is 1.93 bits per heavy atom. The zero-order valence-corrected chi connectivity index (χ0v) is 18.0. The van der Waals surface area contributed by atoms with Crippen LogP contribution in [0.1, 0.15) is 46.5 Å². The van der Waals surface area contributed by atoms with Gasteiger partial charge < -0.3 is 19.5 Å². The van der Waals surface area contributed by atoms with E-state index in [2.05, 4.69) is 19.2 Å². The number of thiocarbonyl (C=S) groups is 1. The minimum atomic E-state index is -0.756. The second kappa shape index (κ2) is 6.89. The van der Waals surface area contributed by atoms with Crippen LogP contribution in [0.15, 0.2) is 30.3 Å². The van der Waals surface area contributed by atoms with Crippen molar-refractivity contribution >= 4 is 23.1 Å². The number of para-hydroxylation sites is 1. The van der Waals surface area contributed by atoms with E-state index in [1.165, 1.54) is 0 Å². The van der Waals surface area contributed by atoms with Crippen LogP contribution in [0.25, 0.3) is 0 Å². The van der Waals surface area contributed by atoms with Crippen molar-refractivity contribution in [1.29, 1.82) is 0 Å². The molecule has 7 heteroatoms. The van der Waals surface area contributed by atoms with E-state index < -0.39 is 23.3 Å². The number of benzene rings is 1. The Morgan fingerprint density at radius 1 is 1.14 bits per heavy atom. The maximum Gasteiger partial charge on any atom is 0.261 e. The van der Waals surface area contributed by atoms with Crippen molar-refractivity contribution in [2.45, 2.75) is 69.7 Å². The van der Waals surface area contributed by atoms with Gasteiger partial charge in [0.1, 0.15) is 12.2 Å². The van der Waals surface area contributed by atoms with Gasteiger partial charge in [0, 0.05) is 18.0 Å². The molecule has 4 heterocycles. The van der Waals surface area contributed by atoms with Gasteiger partial charge in [0.05, 0.1) is 0 Å². The summed E-state index contributed by atoms with van der Waals surface area (Å²) in [7, 11) is 0. The predicted molar refractivity (Wildman–Crippen MR) is 111 cm³/mol. The Hall–Kier alpha value is -1.25. The summed E-state index contributed by atoms with van der Waals surface area (Å²) in [5.41, 5.74) is -0.255. The van der Waals surface area contributed by atoms with E-state index in [1.807, 2.05) is 37.3 Å². The molecule has 1 unspecified atom stereocenters. The molecule has 1 aromatic rings. The van der Waals surface area contributed by atoms with E-state index in [0.29, 0.717) is 23.6 Å². The first-order valence-electron chi connectivity index (χ1n) is 10.6. The van der Waals surface area contributed by atoms with Crippen LogP contribution in [0.4, 0.5) is 5.69 Å². The third-order valence-electron chi connectivity index (χ3n) is 7.34. The van der Waals surface area contributed by atoms with Crippen molar-refractivity contribution in [2.24, 2.45) is 17.8 Å². The Kier molecular flexibility index (Phi) is 4.68. The maximum absolute atomic E-state index is 6.55. The van der Waals surface area contributed by atoms with Crippen LogP contribution in [0.5, 0.6) is 0 Å². The fourth-order valence-corrected chi connectivity index (χ4v) is 6.01. The lowest BCUT2D eigenvalue weighted by Crippen LogP contribution is -2.62. The van der Waals surface area contributed by atoms with Gasteiger partial charge in [0.2, 0.25) is 5.79 Å². The Bertz CT molecular complexity index is 793. The lowest BCUT2D eigenvalue weighted by atomic mass is 9.60. The summed E-state index contributed by atoms with van der Waals surface area (Å²) in [6.45, 7) is 6.66. The molecule has 1 aliphatic carbocycles. The molecule has 7 atom stereocenters. The highest BCUT2D eigenvalue weighted by Gasteiger charge is 2.74. The van der Waals surface area contributed by atoms with Gasteiger partial charge in [-0.2, -0.15) is 0 Å². The fourth-order valence-electron chi connectivity index (χ4n) is 5.83. The summed E-state index contributed by atoms with van der Waals surface area (Å²) < 4.78 is 18.8. The summed E-state index contributed by atoms with van der Waals surface area (Å²) in [6, 6.07) is 9.77. The lowest BCUT2D eigenvalue weighted by Gasteiger charge is -2.50. The molecule has 1 spiro atoms. The van der Waals surface area contributed by atoms with Crippen molar-refractivity contribution in [3.05, 3.63) is 30.3 Å². The molecule has 1 N–H and O–H groups in total. The Labute approximate surface area is 177 Å². The van der Waals surface area contributed by atoms with Gasteiger partial charge in [0.25, 0.3) is 5.17 Å². The predicted octanol–water partition coefficient (Wildman–Crippen LogP) is 4.40. The van der Waals surface area contributed by atoms with E-state index in [9.17, 15) is 0 Å². The van der Waals surface area contributed by atoms with E-state index >= 15 is 0 Å². The molecule has 5 aliphatic rings. The number of hydrogen-bond donors (Lipinski definition) is 1. The highest BCUT2D eigenvalue weighted by molar-refractivity contribution is 7.80. The molecule has 0 radical (unpaired) electrons. The minimum Gasteiger partial charge on any atom is -0.468 e. The van der Waals surface area contributed by atoms with Crippen LogP contribution in [-0.4, -0.2) is 35.1 Å². The molecule has 0 aromatic heterocycles. The van der Waals surface area contributed by atoms with E-state index in [1.54, 1.807) is 0 Å². The molecule has 2 bridgehead atoms. The zero-order chi connectivity index (χ0) is 20.3. The fraction of sp³-hybridized carbons (Fsp3) is 0.682. The molecule has 158 valence electrons. The quantitative estimate of drug-likeness (QED) is 0.575. The number of fused-ring (bicyclic) bond motifs is 2. The highest BCUT2D eigenvalue weighted by atomic mass is 32.1.